The van der Waals surface area contributed by atoms with Crippen LogP contribution in [0.25, 0.3) is 0 Å². The Morgan fingerprint density at radius 2 is 1.74 bits per heavy atom. The molecule has 0 aliphatic rings. The predicted octanol–water partition coefficient (Wildman–Crippen LogP) is 4.16. The topological polar surface area (TPSA) is 59.6 Å². The molecule has 2 amide bonds. The Bertz CT molecular complexity index is 659. The molecule has 0 spiro atoms. The molecule has 5 nitrogen and oxygen atoms in total. The molecule has 23 heavy (non-hydrogen) atoms. The first kappa shape index (κ1) is 17.4. The molecule has 0 aliphatic carbocycles. The van der Waals surface area contributed by atoms with E-state index in [0.29, 0.717) is 12.4 Å². The van der Waals surface area contributed by atoms with Crippen LogP contribution in [0.5, 0.6) is 11.5 Å². The van der Waals surface area contributed by atoms with Crippen molar-refractivity contribution in [1.82, 2.24) is 5.32 Å². The maximum Gasteiger partial charge on any atom is 0.321 e. The summed E-state index contributed by atoms with van der Waals surface area (Å²) in [5, 5.41) is 5.45. The summed E-state index contributed by atoms with van der Waals surface area (Å²) in [6.07, 6.45) is 0. The number of urea groups is 1. The number of benzene rings is 2. The van der Waals surface area contributed by atoms with Gasteiger partial charge in [-0.15, -0.1) is 0 Å². The molecule has 2 aromatic rings. The third kappa shape index (κ3) is 5.63. The van der Waals surface area contributed by atoms with E-state index in [0.717, 1.165) is 20.6 Å². The number of amides is 2. The predicted molar refractivity (Wildman–Crippen MR) is 99.2 cm³/mol. The van der Waals surface area contributed by atoms with Crippen LogP contribution in [0.4, 0.5) is 10.5 Å². The van der Waals surface area contributed by atoms with Gasteiger partial charge in [-0.2, -0.15) is 0 Å². The van der Waals surface area contributed by atoms with Crippen LogP contribution in [0, 0.1) is 10.5 Å². The van der Waals surface area contributed by atoms with Gasteiger partial charge in [0.15, 0.2) is 6.73 Å². The molecule has 122 valence electrons. The van der Waals surface area contributed by atoms with Crippen molar-refractivity contribution in [3.05, 3.63) is 51.6 Å². The molecule has 0 atom stereocenters. The van der Waals surface area contributed by atoms with Gasteiger partial charge < -0.3 is 20.1 Å². The molecule has 2 aromatic carbocycles. The first-order valence-corrected chi connectivity index (χ1v) is 8.33. The Labute approximate surface area is 149 Å². The van der Waals surface area contributed by atoms with Gasteiger partial charge in [0, 0.05) is 9.26 Å². The third-order valence-corrected chi connectivity index (χ3v) is 3.71. The number of aryl methyl sites for hydroxylation is 1. The Hall–Kier alpha value is -1.96. The highest BCUT2D eigenvalue weighted by Gasteiger charge is 2.04. The number of carbonyl (C=O) groups is 1. The summed E-state index contributed by atoms with van der Waals surface area (Å²) < 4.78 is 12.0. The molecule has 0 fully saturated rings. The van der Waals surface area contributed by atoms with E-state index >= 15 is 0 Å². The lowest BCUT2D eigenvalue weighted by atomic mass is 10.2. The van der Waals surface area contributed by atoms with Gasteiger partial charge >= 0.3 is 6.03 Å². The molecular formula is C17H19IN2O3. The highest BCUT2D eigenvalue weighted by Crippen LogP contribution is 2.18. The van der Waals surface area contributed by atoms with Crippen LogP contribution >= 0.6 is 22.6 Å². The van der Waals surface area contributed by atoms with E-state index in [1.54, 1.807) is 12.1 Å². The molecule has 0 bridgehead atoms. The molecule has 2 rings (SSSR count). The Morgan fingerprint density at radius 3 is 2.35 bits per heavy atom. The lowest BCUT2D eigenvalue weighted by Crippen LogP contribution is -2.32. The van der Waals surface area contributed by atoms with Crippen LogP contribution in [-0.2, 0) is 0 Å². The summed E-state index contributed by atoms with van der Waals surface area (Å²) in [5.74, 6) is 1.46. The fourth-order valence-electron chi connectivity index (χ4n) is 1.92. The summed E-state index contributed by atoms with van der Waals surface area (Å²) in [5.41, 5.74) is 1.79. The molecule has 0 aromatic heterocycles. The highest BCUT2D eigenvalue weighted by atomic mass is 127. The molecule has 6 heteroatoms. The maximum atomic E-state index is 11.9. The summed E-state index contributed by atoms with van der Waals surface area (Å²) in [4.78, 5) is 11.9. The van der Waals surface area contributed by atoms with Crippen molar-refractivity contribution >= 4 is 34.3 Å². The van der Waals surface area contributed by atoms with Crippen molar-refractivity contribution in [3.63, 3.8) is 0 Å². The molecule has 2 N–H and O–H groups in total. The SMILES string of the molecule is CCOc1ccc(OCNC(=O)Nc2ccc(I)cc2C)cc1. The zero-order valence-corrected chi connectivity index (χ0v) is 15.2. The molecule has 0 radical (unpaired) electrons. The van der Waals surface area contributed by atoms with Crippen LogP contribution < -0.4 is 20.1 Å². The van der Waals surface area contributed by atoms with Crippen molar-refractivity contribution in [2.24, 2.45) is 0 Å². The minimum absolute atomic E-state index is 0.0865. The van der Waals surface area contributed by atoms with Crippen LogP contribution in [0.3, 0.4) is 0 Å². The molecule has 0 saturated carbocycles. The van der Waals surface area contributed by atoms with Crippen LogP contribution in [-0.4, -0.2) is 19.4 Å². The van der Waals surface area contributed by atoms with E-state index in [2.05, 4.69) is 33.2 Å². The maximum absolute atomic E-state index is 11.9. The number of halogens is 1. The van der Waals surface area contributed by atoms with Crippen LogP contribution in [0.15, 0.2) is 42.5 Å². The fraction of sp³-hybridized carbons (Fsp3) is 0.235. The summed E-state index contributed by atoms with van der Waals surface area (Å²) >= 11 is 2.23. The van der Waals surface area contributed by atoms with Crippen molar-refractivity contribution in [2.45, 2.75) is 13.8 Å². The summed E-state index contributed by atoms with van der Waals surface area (Å²) in [6.45, 7) is 4.60. The first-order valence-electron chi connectivity index (χ1n) is 7.25. The highest BCUT2D eigenvalue weighted by molar-refractivity contribution is 14.1. The zero-order valence-electron chi connectivity index (χ0n) is 13.1. The molecular weight excluding hydrogens is 407 g/mol. The lowest BCUT2D eigenvalue weighted by molar-refractivity contribution is 0.234. The molecule has 0 saturated heterocycles. The van der Waals surface area contributed by atoms with Crippen molar-refractivity contribution in [2.75, 3.05) is 18.7 Å². The van der Waals surface area contributed by atoms with Crippen molar-refractivity contribution in [1.29, 1.82) is 0 Å². The standard InChI is InChI=1S/C17H19IN2O3/c1-3-22-14-5-7-15(8-6-14)23-11-19-17(21)20-16-9-4-13(18)10-12(16)2/h4-10H,3,11H2,1-2H3,(H2,19,20,21). The first-order chi connectivity index (χ1) is 11.1. The average Bonchev–Trinajstić information content (AvgIpc) is 2.52. The van der Waals surface area contributed by atoms with Gasteiger partial charge in [-0.1, -0.05) is 0 Å². The fourth-order valence-corrected chi connectivity index (χ4v) is 2.56. The van der Waals surface area contributed by atoms with Gasteiger partial charge in [-0.25, -0.2) is 4.79 Å². The van der Waals surface area contributed by atoms with Gasteiger partial charge in [0.1, 0.15) is 11.5 Å². The van der Waals surface area contributed by atoms with E-state index in [1.165, 1.54) is 0 Å². The normalized spacial score (nSPS) is 10.0. The number of carbonyl (C=O) groups excluding carboxylic acids is 1. The lowest BCUT2D eigenvalue weighted by Gasteiger charge is -2.11. The second-order valence-electron chi connectivity index (χ2n) is 4.78. The minimum atomic E-state index is -0.305. The van der Waals surface area contributed by atoms with Gasteiger partial charge in [0.25, 0.3) is 0 Å². The second-order valence-corrected chi connectivity index (χ2v) is 6.03. The van der Waals surface area contributed by atoms with E-state index in [9.17, 15) is 4.79 Å². The van der Waals surface area contributed by atoms with Crippen molar-refractivity contribution < 1.29 is 14.3 Å². The average molecular weight is 426 g/mol. The quantitative estimate of drug-likeness (QED) is 0.539. The minimum Gasteiger partial charge on any atom is -0.494 e. The van der Waals surface area contributed by atoms with Gasteiger partial charge in [-0.05, 0) is 84.5 Å². The Morgan fingerprint density at radius 1 is 1.09 bits per heavy atom. The zero-order chi connectivity index (χ0) is 16.7. The molecule has 0 unspecified atom stereocenters. The Balaban J connectivity index is 1.78. The van der Waals surface area contributed by atoms with Gasteiger partial charge in [-0.3, -0.25) is 0 Å². The molecule has 0 heterocycles. The number of ether oxygens (including phenoxy) is 2. The van der Waals surface area contributed by atoms with E-state index in [1.807, 2.05) is 44.2 Å². The summed E-state index contributed by atoms with van der Waals surface area (Å²) in [6, 6.07) is 12.8. The Kier molecular flexibility index (Phi) is 6.52. The number of anilines is 1. The third-order valence-electron chi connectivity index (χ3n) is 3.04. The van der Waals surface area contributed by atoms with Crippen LogP contribution in [0.1, 0.15) is 12.5 Å². The summed E-state index contributed by atoms with van der Waals surface area (Å²) in [7, 11) is 0. The number of nitrogens with one attached hydrogen (secondary N) is 2. The van der Waals surface area contributed by atoms with Crippen molar-refractivity contribution in [3.8, 4) is 11.5 Å². The number of hydrogen-bond acceptors (Lipinski definition) is 3. The van der Waals surface area contributed by atoms with E-state index in [4.69, 9.17) is 9.47 Å². The number of rotatable bonds is 6. The van der Waals surface area contributed by atoms with Crippen LogP contribution in [0.2, 0.25) is 0 Å². The smallest absolute Gasteiger partial charge is 0.321 e. The van der Waals surface area contributed by atoms with Gasteiger partial charge in [0.2, 0.25) is 0 Å². The van der Waals surface area contributed by atoms with E-state index < -0.39 is 0 Å². The largest absolute Gasteiger partial charge is 0.494 e. The molecule has 0 aliphatic heterocycles. The number of hydrogen-bond donors (Lipinski definition) is 2. The van der Waals surface area contributed by atoms with Gasteiger partial charge in [0.05, 0.1) is 6.61 Å². The second kappa shape index (κ2) is 8.61. The van der Waals surface area contributed by atoms with E-state index in [-0.39, 0.29) is 12.8 Å². The monoisotopic (exact) mass is 426 g/mol.